The number of carbonyl (C=O) groups is 2. The molecule has 1 saturated heterocycles. The first-order valence-electron chi connectivity index (χ1n) is 10.6. The molecule has 3 aromatic rings. The quantitative estimate of drug-likeness (QED) is 0.524. The van der Waals surface area contributed by atoms with Crippen molar-refractivity contribution in [3.63, 3.8) is 0 Å². The molecule has 0 aliphatic carbocycles. The first-order valence-corrected chi connectivity index (χ1v) is 11.3. The number of rotatable bonds is 6. The molecule has 0 atom stereocenters. The summed E-state index contributed by atoms with van der Waals surface area (Å²) >= 11 is 12.4. The minimum atomic E-state index is -0.188. The number of aryl methyl sites for hydroxylation is 1. The maximum absolute atomic E-state index is 12.9. The van der Waals surface area contributed by atoms with E-state index in [1.165, 1.54) is 0 Å². The number of halogens is 2. The number of ether oxygens (including phenoxy) is 1. The van der Waals surface area contributed by atoms with E-state index >= 15 is 0 Å². The Hall–Kier alpha value is -3.03. The number of carbonyl (C=O) groups excluding carboxylic acids is 2. The molecular formula is C24H24Cl2N4O3. The Morgan fingerprint density at radius 2 is 1.94 bits per heavy atom. The minimum absolute atomic E-state index is 0.0521. The van der Waals surface area contributed by atoms with Crippen LogP contribution in [0.25, 0.3) is 5.69 Å². The molecule has 1 aliphatic rings. The van der Waals surface area contributed by atoms with E-state index in [2.05, 4.69) is 10.4 Å². The fourth-order valence-electron chi connectivity index (χ4n) is 4.07. The van der Waals surface area contributed by atoms with Crippen molar-refractivity contribution < 1.29 is 14.3 Å². The largest absolute Gasteiger partial charge is 0.495 e. The number of hydrogen-bond acceptors (Lipinski definition) is 4. The predicted molar refractivity (Wildman–Crippen MR) is 130 cm³/mol. The van der Waals surface area contributed by atoms with Crippen molar-refractivity contribution in [2.24, 2.45) is 0 Å². The fourth-order valence-corrected chi connectivity index (χ4v) is 4.55. The zero-order valence-electron chi connectivity index (χ0n) is 18.6. The van der Waals surface area contributed by atoms with E-state index < -0.39 is 0 Å². The standard InChI is InChI=1S/C24H24Cl2N4O3/c1-14-18(15(2)30(28-14)20-8-6-16(25)11-19(20)26)13-23(31)27-17-7-9-22(33-3)21(12-17)29-10-4-5-24(29)32/h6-9,11-12H,4-5,10,13H2,1-3H3,(H,27,31). The Balaban J connectivity index is 1.55. The molecule has 2 amide bonds. The van der Waals surface area contributed by atoms with Crippen LogP contribution in [0.4, 0.5) is 11.4 Å². The van der Waals surface area contributed by atoms with Crippen molar-refractivity contribution >= 4 is 46.4 Å². The van der Waals surface area contributed by atoms with E-state index in [4.69, 9.17) is 27.9 Å². The van der Waals surface area contributed by atoms with Crippen LogP contribution in [-0.4, -0.2) is 35.2 Å². The van der Waals surface area contributed by atoms with Gasteiger partial charge in [-0.3, -0.25) is 9.59 Å². The molecule has 2 heterocycles. The van der Waals surface area contributed by atoms with Crippen LogP contribution >= 0.6 is 23.2 Å². The third-order valence-electron chi connectivity index (χ3n) is 5.74. The lowest BCUT2D eigenvalue weighted by Crippen LogP contribution is -2.24. The van der Waals surface area contributed by atoms with Gasteiger partial charge in [-0.05, 0) is 56.7 Å². The van der Waals surface area contributed by atoms with Crippen LogP contribution in [0, 0.1) is 13.8 Å². The van der Waals surface area contributed by atoms with Crippen LogP contribution in [0.5, 0.6) is 5.75 Å². The van der Waals surface area contributed by atoms with Crippen molar-refractivity contribution in [3.8, 4) is 11.4 Å². The molecule has 0 saturated carbocycles. The van der Waals surface area contributed by atoms with Gasteiger partial charge < -0.3 is 15.0 Å². The summed E-state index contributed by atoms with van der Waals surface area (Å²) < 4.78 is 7.14. The molecule has 0 spiro atoms. The van der Waals surface area contributed by atoms with Gasteiger partial charge in [0.25, 0.3) is 0 Å². The van der Waals surface area contributed by atoms with Crippen LogP contribution in [0.15, 0.2) is 36.4 Å². The second-order valence-corrected chi connectivity index (χ2v) is 8.76. The summed E-state index contributed by atoms with van der Waals surface area (Å²) in [6.45, 7) is 4.40. The van der Waals surface area contributed by atoms with Crippen LogP contribution in [0.3, 0.4) is 0 Å². The number of methoxy groups -OCH3 is 1. The van der Waals surface area contributed by atoms with Gasteiger partial charge in [0, 0.05) is 34.9 Å². The zero-order chi connectivity index (χ0) is 23.7. The summed E-state index contributed by atoms with van der Waals surface area (Å²) in [6, 6.07) is 10.5. The van der Waals surface area contributed by atoms with Crippen molar-refractivity contribution in [1.29, 1.82) is 0 Å². The van der Waals surface area contributed by atoms with Gasteiger partial charge in [-0.25, -0.2) is 4.68 Å². The van der Waals surface area contributed by atoms with Gasteiger partial charge in [-0.15, -0.1) is 0 Å². The highest BCUT2D eigenvalue weighted by Crippen LogP contribution is 2.34. The van der Waals surface area contributed by atoms with E-state index in [1.54, 1.807) is 53.1 Å². The molecule has 33 heavy (non-hydrogen) atoms. The smallest absolute Gasteiger partial charge is 0.228 e. The van der Waals surface area contributed by atoms with E-state index in [1.807, 2.05) is 13.8 Å². The number of hydrogen-bond donors (Lipinski definition) is 1. The van der Waals surface area contributed by atoms with E-state index in [9.17, 15) is 9.59 Å². The number of amides is 2. The Morgan fingerprint density at radius 3 is 2.61 bits per heavy atom. The van der Waals surface area contributed by atoms with Gasteiger partial charge in [-0.2, -0.15) is 5.10 Å². The Kier molecular flexibility index (Phi) is 6.63. The summed E-state index contributed by atoms with van der Waals surface area (Å²) in [4.78, 5) is 26.8. The number of nitrogens with zero attached hydrogens (tertiary/aromatic N) is 3. The summed E-state index contributed by atoms with van der Waals surface area (Å²) in [5.41, 5.74) is 4.34. The monoisotopic (exact) mass is 486 g/mol. The molecule has 7 nitrogen and oxygen atoms in total. The molecule has 2 aromatic carbocycles. The van der Waals surface area contributed by atoms with Gasteiger partial charge in [-0.1, -0.05) is 23.2 Å². The number of benzene rings is 2. The highest BCUT2D eigenvalue weighted by atomic mass is 35.5. The second-order valence-electron chi connectivity index (χ2n) is 7.92. The molecule has 1 fully saturated rings. The third-order valence-corrected chi connectivity index (χ3v) is 6.28. The van der Waals surface area contributed by atoms with Crippen LogP contribution in [-0.2, 0) is 16.0 Å². The van der Waals surface area contributed by atoms with E-state index in [-0.39, 0.29) is 18.2 Å². The van der Waals surface area contributed by atoms with Crippen molar-refractivity contribution in [1.82, 2.24) is 9.78 Å². The van der Waals surface area contributed by atoms with Gasteiger partial charge in [0.05, 0.1) is 35.6 Å². The molecule has 172 valence electrons. The summed E-state index contributed by atoms with van der Waals surface area (Å²) in [7, 11) is 1.56. The molecule has 4 rings (SSSR count). The molecule has 0 unspecified atom stereocenters. The first-order chi connectivity index (χ1) is 15.8. The molecule has 1 N–H and O–H groups in total. The minimum Gasteiger partial charge on any atom is -0.495 e. The molecular weight excluding hydrogens is 463 g/mol. The first kappa shape index (κ1) is 23.1. The lowest BCUT2D eigenvalue weighted by molar-refractivity contribution is -0.117. The summed E-state index contributed by atoms with van der Waals surface area (Å²) in [5.74, 6) is 0.458. The number of nitrogens with one attached hydrogen (secondary N) is 1. The van der Waals surface area contributed by atoms with Gasteiger partial charge in [0.1, 0.15) is 5.75 Å². The maximum Gasteiger partial charge on any atom is 0.228 e. The van der Waals surface area contributed by atoms with Gasteiger partial charge in [0.2, 0.25) is 11.8 Å². The van der Waals surface area contributed by atoms with Crippen molar-refractivity contribution in [3.05, 3.63) is 63.4 Å². The average molecular weight is 487 g/mol. The second kappa shape index (κ2) is 9.45. The molecule has 0 bridgehead atoms. The average Bonchev–Trinajstić information content (AvgIpc) is 3.32. The summed E-state index contributed by atoms with van der Waals surface area (Å²) in [6.07, 6.45) is 1.46. The van der Waals surface area contributed by atoms with E-state index in [0.29, 0.717) is 45.8 Å². The van der Waals surface area contributed by atoms with Gasteiger partial charge in [0.15, 0.2) is 0 Å². The molecule has 1 aromatic heterocycles. The highest BCUT2D eigenvalue weighted by molar-refractivity contribution is 6.35. The predicted octanol–water partition coefficient (Wildman–Crippen LogP) is 5.11. The van der Waals surface area contributed by atoms with Crippen LogP contribution in [0.1, 0.15) is 29.8 Å². The maximum atomic E-state index is 12.9. The Labute approximate surface area is 202 Å². The van der Waals surface area contributed by atoms with Crippen LogP contribution < -0.4 is 15.0 Å². The molecule has 0 radical (unpaired) electrons. The van der Waals surface area contributed by atoms with E-state index in [0.717, 1.165) is 23.4 Å². The fraction of sp³-hybridized carbons (Fsp3) is 0.292. The zero-order valence-corrected chi connectivity index (χ0v) is 20.1. The van der Waals surface area contributed by atoms with Gasteiger partial charge >= 0.3 is 0 Å². The summed E-state index contributed by atoms with van der Waals surface area (Å²) in [5, 5.41) is 8.53. The Bertz CT molecular complexity index is 1240. The number of aromatic nitrogens is 2. The third kappa shape index (κ3) is 4.70. The molecule has 9 heteroatoms. The van der Waals surface area contributed by atoms with Crippen LogP contribution in [0.2, 0.25) is 10.0 Å². The highest BCUT2D eigenvalue weighted by Gasteiger charge is 2.25. The lowest BCUT2D eigenvalue weighted by atomic mass is 10.1. The normalized spacial score (nSPS) is 13.5. The topological polar surface area (TPSA) is 76.5 Å². The Morgan fingerprint density at radius 1 is 1.15 bits per heavy atom. The van der Waals surface area contributed by atoms with Crippen molar-refractivity contribution in [2.75, 3.05) is 23.9 Å². The SMILES string of the molecule is COc1ccc(NC(=O)Cc2c(C)nn(-c3ccc(Cl)cc3Cl)c2C)cc1N1CCCC1=O. The lowest BCUT2D eigenvalue weighted by Gasteiger charge is -2.20. The molecule has 1 aliphatic heterocycles. The number of anilines is 2. The van der Waals surface area contributed by atoms with Crippen molar-refractivity contribution in [2.45, 2.75) is 33.1 Å².